The number of aliphatic hydroxyl groups is 3. The van der Waals surface area contributed by atoms with Crippen LogP contribution in [0.2, 0.25) is 0 Å². The summed E-state index contributed by atoms with van der Waals surface area (Å²) in [7, 11) is 0. The van der Waals surface area contributed by atoms with Crippen molar-refractivity contribution >= 4 is 27.5 Å². The molecule has 0 saturated heterocycles. The van der Waals surface area contributed by atoms with Crippen LogP contribution in [0.15, 0.2) is 58.8 Å². The van der Waals surface area contributed by atoms with Gasteiger partial charge in [-0.15, -0.1) is 11.6 Å². The van der Waals surface area contributed by atoms with E-state index in [1.165, 1.54) is 11.2 Å². The number of alkyl halides is 1. The first kappa shape index (κ1) is 28.2. The SMILES string of the molecule is CC(C)(c1ccc(OCC(O)CN(N)/C=C(\N)CO)cc1)c1ccc(OCC(O)CCl)c(Br)c1. The van der Waals surface area contributed by atoms with E-state index in [-0.39, 0.29) is 43.4 Å². The second kappa shape index (κ2) is 13.2. The first-order chi connectivity index (χ1) is 16.1. The van der Waals surface area contributed by atoms with Crippen molar-refractivity contribution < 1.29 is 24.8 Å². The molecule has 34 heavy (non-hydrogen) atoms. The number of ether oxygens (including phenoxy) is 2. The Kier molecular flexibility index (Phi) is 10.9. The maximum Gasteiger partial charge on any atom is 0.133 e. The van der Waals surface area contributed by atoms with Gasteiger partial charge in [0.25, 0.3) is 0 Å². The highest BCUT2D eigenvalue weighted by Crippen LogP contribution is 2.36. The van der Waals surface area contributed by atoms with Crippen LogP contribution in [0.25, 0.3) is 0 Å². The van der Waals surface area contributed by atoms with Crippen LogP contribution in [-0.2, 0) is 5.41 Å². The average molecular weight is 559 g/mol. The van der Waals surface area contributed by atoms with Crippen LogP contribution in [0.5, 0.6) is 11.5 Å². The van der Waals surface area contributed by atoms with Gasteiger partial charge in [-0.3, -0.25) is 0 Å². The molecule has 2 unspecified atom stereocenters. The topological polar surface area (TPSA) is 134 Å². The molecule has 7 N–H and O–H groups in total. The Hall–Kier alpha value is -2.01. The molecule has 8 nitrogen and oxygen atoms in total. The number of aliphatic hydroxyl groups excluding tert-OH is 3. The molecular formula is C24H33BrClN3O5. The van der Waals surface area contributed by atoms with E-state index >= 15 is 0 Å². The van der Waals surface area contributed by atoms with Gasteiger partial charge in [-0.1, -0.05) is 32.0 Å². The fourth-order valence-corrected chi connectivity index (χ4v) is 3.75. The number of nitrogens with two attached hydrogens (primary N) is 2. The molecule has 0 fully saturated rings. The highest BCUT2D eigenvalue weighted by atomic mass is 79.9. The summed E-state index contributed by atoms with van der Waals surface area (Å²) in [5.41, 5.74) is 7.57. The normalized spacial score (nSPS) is 13.9. The number of hydrogen-bond acceptors (Lipinski definition) is 8. The molecule has 2 rings (SSSR count). The molecule has 2 atom stereocenters. The fourth-order valence-electron chi connectivity index (χ4n) is 3.17. The molecule has 0 aliphatic carbocycles. The van der Waals surface area contributed by atoms with Crippen LogP contribution in [0.1, 0.15) is 25.0 Å². The van der Waals surface area contributed by atoms with Crippen LogP contribution in [0, 0.1) is 0 Å². The summed E-state index contributed by atoms with van der Waals surface area (Å²) in [4.78, 5) is 0. The average Bonchev–Trinajstić information content (AvgIpc) is 2.81. The van der Waals surface area contributed by atoms with Gasteiger partial charge >= 0.3 is 0 Å². The second-order valence-corrected chi connectivity index (χ2v) is 9.60. The Morgan fingerprint density at radius 1 is 1.09 bits per heavy atom. The van der Waals surface area contributed by atoms with Crippen LogP contribution >= 0.6 is 27.5 Å². The van der Waals surface area contributed by atoms with E-state index in [2.05, 4.69) is 29.8 Å². The molecule has 0 bridgehead atoms. The van der Waals surface area contributed by atoms with Gasteiger partial charge in [0.15, 0.2) is 0 Å². The maximum atomic E-state index is 10.1. The summed E-state index contributed by atoms with van der Waals surface area (Å²) in [6.07, 6.45) is -0.199. The van der Waals surface area contributed by atoms with Crippen LogP contribution < -0.4 is 21.1 Å². The number of rotatable bonds is 13. The lowest BCUT2D eigenvalue weighted by Crippen LogP contribution is -2.37. The first-order valence-electron chi connectivity index (χ1n) is 10.7. The van der Waals surface area contributed by atoms with Crippen molar-refractivity contribution in [2.45, 2.75) is 31.5 Å². The molecule has 0 aromatic heterocycles. The zero-order valence-electron chi connectivity index (χ0n) is 19.3. The Labute approximate surface area is 213 Å². The molecule has 0 saturated carbocycles. The summed E-state index contributed by atoms with van der Waals surface area (Å²) in [5, 5.41) is 29.8. The van der Waals surface area contributed by atoms with Gasteiger partial charge in [-0.05, 0) is 51.3 Å². The van der Waals surface area contributed by atoms with E-state index < -0.39 is 12.2 Å². The van der Waals surface area contributed by atoms with Gasteiger partial charge in [-0.2, -0.15) is 0 Å². The third-order valence-corrected chi connectivity index (χ3v) is 6.19. The zero-order valence-corrected chi connectivity index (χ0v) is 21.7. The second-order valence-electron chi connectivity index (χ2n) is 8.44. The molecule has 0 radical (unpaired) electrons. The smallest absolute Gasteiger partial charge is 0.133 e. The third kappa shape index (κ3) is 8.33. The third-order valence-electron chi connectivity index (χ3n) is 5.22. The molecule has 10 heteroatoms. The van der Waals surface area contributed by atoms with Crippen molar-refractivity contribution in [1.29, 1.82) is 0 Å². The van der Waals surface area contributed by atoms with Gasteiger partial charge in [0, 0.05) is 11.6 Å². The maximum absolute atomic E-state index is 10.1. The molecule has 2 aromatic carbocycles. The van der Waals surface area contributed by atoms with E-state index in [4.69, 9.17) is 37.8 Å². The quantitative estimate of drug-likeness (QED) is 0.144. The molecule has 0 heterocycles. The fraction of sp³-hybridized carbons (Fsp3) is 0.417. The van der Waals surface area contributed by atoms with Crippen molar-refractivity contribution in [3.8, 4) is 11.5 Å². The highest BCUT2D eigenvalue weighted by Gasteiger charge is 2.24. The van der Waals surface area contributed by atoms with Crippen LogP contribution in [-0.4, -0.2) is 64.8 Å². The summed E-state index contributed by atoms with van der Waals surface area (Å²) in [6.45, 7) is 4.21. The van der Waals surface area contributed by atoms with Crippen molar-refractivity contribution in [1.82, 2.24) is 5.01 Å². The Morgan fingerprint density at radius 3 is 2.29 bits per heavy atom. The lowest BCUT2D eigenvalue weighted by molar-refractivity contribution is 0.0815. The summed E-state index contributed by atoms with van der Waals surface area (Å²) in [6, 6.07) is 13.5. The number of hydrazine groups is 1. The van der Waals surface area contributed by atoms with Crippen molar-refractivity contribution in [2.24, 2.45) is 11.6 Å². The van der Waals surface area contributed by atoms with Gasteiger partial charge in [0.2, 0.25) is 0 Å². The first-order valence-corrected chi connectivity index (χ1v) is 12.1. The van der Waals surface area contributed by atoms with Gasteiger partial charge in [0.1, 0.15) is 36.9 Å². The van der Waals surface area contributed by atoms with Gasteiger partial charge < -0.3 is 35.5 Å². The molecule has 2 aromatic rings. The lowest BCUT2D eigenvalue weighted by atomic mass is 9.78. The van der Waals surface area contributed by atoms with Gasteiger partial charge in [0.05, 0.1) is 29.2 Å². The summed E-state index contributed by atoms with van der Waals surface area (Å²) < 4.78 is 12.1. The van der Waals surface area contributed by atoms with E-state index in [9.17, 15) is 10.2 Å². The summed E-state index contributed by atoms with van der Waals surface area (Å²) in [5.74, 6) is 7.09. The molecule has 0 spiro atoms. The standard InChI is InChI=1S/C24H33BrClN3O5/c1-24(2,17-5-8-23(22(25)9-17)34-14-19(31)10-26)16-3-6-21(7-4-16)33-15-20(32)12-29(28)11-18(27)13-30/h3-9,11,19-20,30-32H,10,12-15,27-28H2,1-2H3/b18-11-. The van der Waals surface area contributed by atoms with Gasteiger partial charge in [-0.25, -0.2) is 5.84 Å². The predicted octanol–water partition coefficient (Wildman–Crippen LogP) is 2.46. The Morgan fingerprint density at radius 2 is 1.71 bits per heavy atom. The Bertz CT molecular complexity index is 943. The number of nitrogens with zero attached hydrogens (tertiary/aromatic N) is 1. The Balaban J connectivity index is 1.99. The van der Waals surface area contributed by atoms with Crippen LogP contribution in [0.3, 0.4) is 0 Å². The number of halogens is 2. The largest absolute Gasteiger partial charge is 0.491 e. The van der Waals surface area contributed by atoms with E-state index in [1.54, 1.807) is 0 Å². The predicted molar refractivity (Wildman–Crippen MR) is 137 cm³/mol. The minimum Gasteiger partial charge on any atom is -0.491 e. The summed E-state index contributed by atoms with van der Waals surface area (Å²) >= 11 is 9.16. The monoisotopic (exact) mass is 557 g/mol. The highest BCUT2D eigenvalue weighted by molar-refractivity contribution is 9.10. The molecular weight excluding hydrogens is 526 g/mol. The van der Waals surface area contributed by atoms with Crippen molar-refractivity contribution in [2.75, 3.05) is 32.2 Å². The van der Waals surface area contributed by atoms with E-state index in [0.717, 1.165) is 15.6 Å². The molecule has 0 aliphatic heterocycles. The molecule has 0 amide bonds. The van der Waals surface area contributed by atoms with Crippen molar-refractivity contribution in [3.05, 3.63) is 70.0 Å². The zero-order chi connectivity index (χ0) is 25.3. The molecule has 0 aliphatic rings. The minimum atomic E-state index is -0.840. The molecule has 188 valence electrons. The van der Waals surface area contributed by atoms with E-state index in [1.807, 2.05) is 42.5 Å². The van der Waals surface area contributed by atoms with E-state index in [0.29, 0.717) is 11.5 Å². The number of hydrogen-bond donors (Lipinski definition) is 5. The number of benzene rings is 2. The van der Waals surface area contributed by atoms with Crippen LogP contribution in [0.4, 0.5) is 0 Å². The lowest BCUT2D eigenvalue weighted by Gasteiger charge is -2.27. The minimum absolute atomic E-state index is 0.0517. The van der Waals surface area contributed by atoms with Crippen molar-refractivity contribution in [3.63, 3.8) is 0 Å².